The number of methoxy groups -OCH3 is 1. The fourth-order valence-electron chi connectivity index (χ4n) is 4.68. The van der Waals surface area contributed by atoms with Gasteiger partial charge in [0.2, 0.25) is 0 Å². The lowest BCUT2D eigenvalue weighted by Gasteiger charge is -2.35. The molecular formula is C20H29N3O3. The van der Waals surface area contributed by atoms with Gasteiger partial charge in [-0.3, -0.25) is 9.69 Å². The third kappa shape index (κ3) is 3.52. The normalized spacial score (nSPS) is 25.7. The molecule has 0 radical (unpaired) electrons. The standard InChI is InChI=1S/C20H29N3O3/c1-25-16-4-8-21-18(14-16)23-12-10-22(11-13-23)9-5-17-15-20(19(24)26-17)6-2-3-7-20/h4,8,14,17H,2-3,5-7,9-13,15H2,1H3. The van der Waals surface area contributed by atoms with Gasteiger partial charge >= 0.3 is 5.97 Å². The third-order valence-electron chi connectivity index (χ3n) is 6.30. The summed E-state index contributed by atoms with van der Waals surface area (Å²) in [4.78, 5) is 21.5. The SMILES string of the molecule is COc1ccnc(N2CCN(CCC3CC4(CCCC4)C(=O)O3)CC2)c1. The summed E-state index contributed by atoms with van der Waals surface area (Å²) in [5.41, 5.74) is -0.124. The maximum atomic E-state index is 12.3. The van der Waals surface area contributed by atoms with E-state index < -0.39 is 0 Å². The van der Waals surface area contributed by atoms with Crippen LogP contribution < -0.4 is 9.64 Å². The summed E-state index contributed by atoms with van der Waals surface area (Å²) in [5, 5.41) is 0. The molecule has 1 unspecified atom stereocenters. The summed E-state index contributed by atoms with van der Waals surface area (Å²) in [6, 6.07) is 3.87. The number of hydrogen-bond acceptors (Lipinski definition) is 6. The molecule has 0 N–H and O–H groups in total. The molecule has 1 saturated carbocycles. The molecule has 3 heterocycles. The van der Waals surface area contributed by atoms with Gasteiger partial charge in [-0.25, -0.2) is 4.98 Å². The van der Waals surface area contributed by atoms with Crippen LogP contribution >= 0.6 is 0 Å². The zero-order chi connectivity index (χ0) is 18.0. The summed E-state index contributed by atoms with van der Waals surface area (Å²) in [7, 11) is 1.68. The second-order valence-corrected chi connectivity index (χ2v) is 7.89. The van der Waals surface area contributed by atoms with Crippen molar-refractivity contribution < 1.29 is 14.3 Å². The van der Waals surface area contributed by atoms with Crippen molar-refractivity contribution >= 4 is 11.8 Å². The van der Waals surface area contributed by atoms with Crippen molar-refractivity contribution in [1.82, 2.24) is 9.88 Å². The lowest BCUT2D eigenvalue weighted by Crippen LogP contribution is -2.47. The van der Waals surface area contributed by atoms with Crippen LogP contribution in [0.25, 0.3) is 0 Å². The Hall–Kier alpha value is -1.82. The molecule has 2 aliphatic heterocycles. The molecule has 2 saturated heterocycles. The minimum atomic E-state index is -0.124. The maximum absolute atomic E-state index is 12.3. The first-order valence-corrected chi connectivity index (χ1v) is 9.87. The molecule has 1 spiro atoms. The highest BCUT2D eigenvalue weighted by Crippen LogP contribution is 2.48. The van der Waals surface area contributed by atoms with E-state index in [1.807, 2.05) is 12.1 Å². The summed E-state index contributed by atoms with van der Waals surface area (Å²) in [6.45, 7) is 4.98. The summed E-state index contributed by atoms with van der Waals surface area (Å²) >= 11 is 0. The highest BCUT2D eigenvalue weighted by atomic mass is 16.6. The number of carbonyl (C=O) groups excluding carboxylic acids is 1. The van der Waals surface area contributed by atoms with E-state index in [1.54, 1.807) is 13.3 Å². The van der Waals surface area contributed by atoms with Gasteiger partial charge in [-0.05, 0) is 25.3 Å². The fourth-order valence-corrected chi connectivity index (χ4v) is 4.68. The van der Waals surface area contributed by atoms with Crippen molar-refractivity contribution in [3.63, 3.8) is 0 Å². The van der Waals surface area contributed by atoms with Crippen molar-refractivity contribution in [1.29, 1.82) is 0 Å². The Kier molecular flexibility index (Phi) is 5.02. The van der Waals surface area contributed by atoms with E-state index in [0.717, 1.165) is 70.0 Å². The van der Waals surface area contributed by atoms with Crippen LogP contribution in [0.2, 0.25) is 0 Å². The van der Waals surface area contributed by atoms with Crippen molar-refractivity contribution in [2.24, 2.45) is 5.41 Å². The smallest absolute Gasteiger partial charge is 0.312 e. The van der Waals surface area contributed by atoms with Gasteiger partial charge in [0.05, 0.1) is 12.5 Å². The molecule has 3 fully saturated rings. The first-order chi connectivity index (χ1) is 12.7. The van der Waals surface area contributed by atoms with Crippen LogP contribution in [0.3, 0.4) is 0 Å². The Morgan fingerprint density at radius 1 is 1.27 bits per heavy atom. The van der Waals surface area contributed by atoms with Crippen LogP contribution in [0.1, 0.15) is 38.5 Å². The molecule has 1 aliphatic carbocycles. The van der Waals surface area contributed by atoms with Crippen molar-refractivity contribution in [3.8, 4) is 5.75 Å². The number of carbonyl (C=O) groups is 1. The van der Waals surface area contributed by atoms with Gasteiger partial charge in [0.1, 0.15) is 17.7 Å². The molecule has 6 heteroatoms. The number of pyridine rings is 1. The Morgan fingerprint density at radius 3 is 2.77 bits per heavy atom. The summed E-state index contributed by atoms with van der Waals surface area (Å²) in [6.07, 6.45) is 8.27. The molecular weight excluding hydrogens is 330 g/mol. The largest absolute Gasteiger partial charge is 0.497 e. The monoisotopic (exact) mass is 359 g/mol. The van der Waals surface area contributed by atoms with Crippen LogP contribution in [0.5, 0.6) is 5.75 Å². The van der Waals surface area contributed by atoms with Crippen LogP contribution in [0, 0.1) is 5.41 Å². The number of piperazine rings is 1. The van der Waals surface area contributed by atoms with Crippen molar-refractivity contribution in [2.75, 3.05) is 44.7 Å². The minimum absolute atomic E-state index is 0.0777. The van der Waals surface area contributed by atoms with Crippen molar-refractivity contribution in [3.05, 3.63) is 18.3 Å². The molecule has 4 rings (SSSR count). The van der Waals surface area contributed by atoms with Crippen LogP contribution in [0.15, 0.2) is 18.3 Å². The Balaban J connectivity index is 1.24. The van der Waals surface area contributed by atoms with E-state index in [0.29, 0.717) is 0 Å². The van der Waals surface area contributed by atoms with Crippen LogP contribution in [-0.2, 0) is 9.53 Å². The second kappa shape index (κ2) is 7.43. The molecule has 142 valence electrons. The number of nitrogens with zero attached hydrogens (tertiary/aromatic N) is 3. The number of aromatic nitrogens is 1. The molecule has 0 amide bonds. The lowest BCUT2D eigenvalue weighted by molar-refractivity contribution is -0.148. The Bertz CT molecular complexity index is 637. The molecule has 6 nitrogen and oxygen atoms in total. The number of ether oxygens (including phenoxy) is 2. The minimum Gasteiger partial charge on any atom is -0.497 e. The lowest BCUT2D eigenvalue weighted by atomic mass is 9.83. The molecule has 0 bridgehead atoms. The van der Waals surface area contributed by atoms with E-state index in [4.69, 9.17) is 9.47 Å². The molecule has 26 heavy (non-hydrogen) atoms. The average Bonchev–Trinajstić information content (AvgIpc) is 3.28. The van der Waals surface area contributed by atoms with E-state index in [-0.39, 0.29) is 17.5 Å². The van der Waals surface area contributed by atoms with E-state index in [2.05, 4.69) is 14.8 Å². The van der Waals surface area contributed by atoms with E-state index in [9.17, 15) is 4.79 Å². The highest BCUT2D eigenvalue weighted by molar-refractivity contribution is 5.79. The predicted molar refractivity (Wildman–Crippen MR) is 99.5 cm³/mol. The second-order valence-electron chi connectivity index (χ2n) is 7.89. The number of cyclic esters (lactones) is 1. The number of hydrogen-bond donors (Lipinski definition) is 0. The van der Waals surface area contributed by atoms with Crippen molar-refractivity contribution in [2.45, 2.75) is 44.6 Å². The zero-order valence-electron chi connectivity index (χ0n) is 15.7. The number of anilines is 1. The van der Waals surface area contributed by atoms with Gasteiger partial charge in [-0.2, -0.15) is 0 Å². The quantitative estimate of drug-likeness (QED) is 0.753. The first kappa shape index (κ1) is 17.6. The van der Waals surface area contributed by atoms with Gasteiger partial charge in [-0.1, -0.05) is 12.8 Å². The molecule has 0 aromatic carbocycles. The van der Waals surface area contributed by atoms with Gasteiger partial charge in [-0.15, -0.1) is 0 Å². The van der Waals surface area contributed by atoms with Gasteiger partial charge < -0.3 is 14.4 Å². The summed E-state index contributed by atoms with van der Waals surface area (Å²) in [5.74, 6) is 1.91. The number of rotatable bonds is 5. The predicted octanol–water partition coefficient (Wildman–Crippen LogP) is 2.48. The number of esters is 1. The maximum Gasteiger partial charge on any atom is 0.312 e. The van der Waals surface area contributed by atoms with Gasteiger partial charge in [0.25, 0.3) is 0 Å². The zero-order valence-corrected chi connectivity index (χ0v) is 15.7. The van der Waals surface area contributed by atoms with Gasteiger partial charge in [0.15, 0.2) is 0 Å². The highest BCUT2D eigenvalue weighted by Gasteiger charge is 2.50. The summed E-state index contributed by atoms with van der Waals surface area (Å²) < 4.78 is 11.0. The third-order valence-corrected chi connectivity index (χ3v) is 6.30. The van der Waals surface area contributed by atoms with Crippen LogP contribution in [-0.4, -0.2) is 61.8 Å². The van der Waals surface area contributed by atoms with Gasteiger partial charge in [0, 0.05) is 51.4 Å². The molecule has 1 aromatic heterocycles. The van der Waals surface area contributed by atoms with E-state index in [1.165, 1.54) is 12.8 Å². The van der Waals surface area contributed by atoms with Crippen LogP contribution in [0.4, 0.5) is 5.82 Å². The molecule has 1 atom stereocenters. The topological polar surface area (TPSA) is 54.9 Å². The van der Waals surface area contributed by atoms with E-state index >= 15 is 0 Å². The Labute approximate surface area is 155 Å². The molecule has 1 aromatic rings. The Morgan fingerprint density at radius 2 is 2.04 bits per heavy atom. The molecule has 3 aliphatic rings. The fraction of sp³-hybridized carbons (Fsp3) is 0.700. The first-order valence-electron chi connectivity index (χ1n) is 9.87. The average molecular weight is 359 g/mol.